The second-order valence-corrected chi connectivity index (χ2v) is 6.05. The molecule has 104 valence electrons. The largest absolute Gasteiger partial charge is 0.327 e. The average molecular weight is 253 g/mol. The summed E-state index contributed by atoms with van der Waals surface area (Å²) in [4.78, 5) is 16.6. The van der Waals surface area contributed by atoms with Crippen LogP contribution in [-0.4, -0.2) is 54.6 Å². The molecule has 0 aromatic carbocycles. The minimum atomic E-state index is 0.0614. The van der Waals surface area contributed by atoms with Crippen molar-refractivity contribution in [3.05, 3.63) is 0 Å². The number of amides is 1. The molecule has 1 atom stereocenters. The quantitative estimate of drug-likeness (QED) is 0.801. The van der Waals surface area contributed by atoms with Crippen LogP contribution >= 0.6 is 0 Å². The van der Waals surface area contributed by atoms with Gasteiger partial charge in [0.2, 0.25) is 5.91 Å². The summed E-state index contributed by atoms with van der Waals surface area (Å²) in [5.74, 6) is 0.884. The highest BCUT2D eigenvalue weighted by Crippen LogP contribution is 2.13. The van der Waals surface area contributed by atoms with Crippen LogP contribution in [0, 0.1) is 5.92 Å². The summed E-state index contributed by atoms with van der Waals surface area (Å²) < 4.78 is 0. The Kier molecular flexibility index (Phi) is 5.01. The van der Waals surface area contributed by atoms with Crippen LogP contribution in [0.2, 0.25) is 0 Å². The highest BCUT2D eigenvalue weighted by atomic mass is 16.2. The van der Waals surface area contributed by atoms with Crippen molar-refractivity contribution >= 4 is 5.91 Å². The zero-order valence-corrected chi connectivity index (χ0v) is 11.8. The van der Waals surface area contributed by atoms with Crippen molar-refractivity contribution in [1.82, 2.24) is 15.1 Å². The minimum absolute atomic E-state index is 0.0614. The number of carbonyl (C=O) groups is 1. The van der Waals surface area contributed by atoms with Crippen molar-refractivity contribution in [2.24, 2.45) is 5.92 Å². The topological polar surface area (TPSA) is 35.6 Å². The zero-order chi connectivity index (χ0) is 13.0. The van der Waals surface area contributed by atoms with Gasteiger partial charge in [-0.05, 0) is 38.3 Å². The number of hydrogen-bond acceptors (Lipinski definition) is 3. The van der Waals surface area contributed by atoms with Crippen LogP contribution in [0.5, 0.6) is 0 Å². The Morgan fingerprint density at radius 3 is 2.61 bits per heavy atom. The maximum Gasteiger partial charge on any atom is 0.240 e. The molecular formula is C14H27N3O. The van der Waals surface area contributed by atoms with Gasteiger partial charge in [0.05, 0.1) is 12.7 Å². The molecule has 2 aliphatic heterocycles. The normalized spacial score (nSPS) is 26.3. The lowest BCUT2D eigenvalue weighted by atomic mass is 10.0. The summed E-state index contributed by atoms with van der Waals surface area (Å²) in [6.45, 7) is 9.44. The van der Waals surface area contributed by atoms with E-state index in [4.69, 9.17) is 0 Å². The van der Waals surface area contributed by atoms with Crippen molar-refractivity contribution in [1.29, 1.82) is 0 Å². The van der Waals surface area contributed by atoms with Crippen LogP contribution in [0.25, 0.3) is 0 Å². The first-order chi connectivity index (χ1) is 8.66. The van der Waals surface area contributed by atoms with E-state index in [9.17, 15) is 4.79 Å². The van der Waals surface area contributed by atoms with Crippen LogP contribution in [0.3, 0.4) is 0 Å². The van der Waals surface area contributed by atoms with Crippen molar-refractivity contribution in [3.8, 4) is 0 Å². The molecule has 4 heteroatoms. The summed E-state index contributed by atoms with van der Waals surface area (Å²) in [6, 6.07) is 0.0614. The monoisotopic (exact) mass is 253 g/mol. The molecule has 0 aromatic heterocycles. The number of carbonyl (C=O) groups excluding carboxylic acids is 1. The van der Waals surface area contributed by atoms with Crippen molar-refractivity contribution in [2.75, 3.05) is 32.8 Å². The predicted molar refractivity (Wildman–Crippen MR) is 73.2 cm³/mol. The van der Waals surface area contributed by atoms with E-state index in [0.29, 0.717) is 11.8 Å². The van der Waals surface area contributed by atoms with Crippen LogP contribution in [0.4, 0.5) is 0 Å². The molecule has 2 aliphatic rings. The Labute approximate surface area is 111 Å². The van der Waals surface area contributed by atoms with Gasteiger partial charge in [0.15, 0.2) is 0 Å². The van der Waals surface area contributed by atoms with Gasteiger partial charge < -0.3 is 9.80 Å². The Morgan fingerprint density at radius 2 is 1.94 bits per heavy atom. The first-order valence-electron chi connectivity index (χ1n) is 7.41. The van der Waals surface area contributed by atoms with Gasteiger partial charge in [-0.25, -0.2) is 0 Å². The summed E-state index contributed by atoms with van der Waals surface area (Å²) in [5, 5.41) is 3.33. The maximum absolute atomic E-state index is 12.2. The fraction of sp³-hybridized carbons (Fsp3) is 0.929. The number of piperidine rings is 1. The van der Waals surface area contributed by atoms with Gasteiger partial charge >= 0.3 is 0 Å². The molecule has 0 bridgehead atoms. The minimum Gasteiger partial charge on any atom is -0.327 e. The Hall–Kier alpha value is -0.610. The Balaban J connectivity index is 1.72. The second kappa shape index (κ2) is 6.53. The van der Waals surface area contributed by atoms with Crippen molar-refractivity contribution < 1.29 is 4.79 Å². The van der Waals surface area contributed by atoms with Gasteiger partial charge in [-0.3, -0.25) is 10.1 Å². The van der Waals surface area contributed by atoms with Gasteiger partial charge in [0, 0.05) is 13.1 Å². The van der Waals surface area contributed by atoms with Crippen molar-refractivity contribution in [3.63, 3.8) is 0 Å². The first-order valence-corrected chi connectivity index (χ1v) is 7.41. The summed E-state index contributed by atoms with van der Waals surface area (Å²) in [6.07, 6.45) is 4.97. The van der Waals surface area contributed by atoms with Gasteiger partial charge in [0.1, 0.15) is 0 Å². The third kappa shape index (κ3) is 3.69. The molecule has 0 aromatic rings. The fourth-order valence-corrected chi connectivity index (χ4v) is 2.90. The molecule has 0 radical (unpaired) electrons. The zero-order valence-electron chi connectivity index (χ0n) is 11.8. The van der Waals surface area contributed by atoms with Crippen LogP contribution in [0.1, 0.15) is 39.5 Å². The molecule has 0 saturated carbocycles. The van der Waals surface area contributed by atoms with E-state index in [1.165, 1.54) is 32.4 Å². The average Bonchev–Trinajstić information content (AvgIpc) is 2.69. The molecule has 2 fully saturated rings. The predicted octanol–water partition coefficient (Wildman–Crippen LogP) is 1.28. The smallest absolute Gasteiger partial charge is 0.240 e. The highest BCUT2D eigenvalue weighted by Gasteiger charge is 2.31. The molecule has 1 unspecified atom stereocenters. The highest BCUT2D eigenvalue weighted by molar-refractivity contribution is 5.83. The summed E-state index contributed by atoms with van der Waals surface area (Å²) in [7, 11) is 0. The Bertz CT molecular complexity index is 274. The molecule has 2 heterocycles. The van der Waals surface area contributed by atoms with Gasteiger partial charge in [-0.1, -0.05) is 20.3 Å². The first kappa shape index (κ1) is 13.8. The molecule has 4 nitrogen and oxygen atoms in total. The molecule has 18 heavy (non-hydrogen) atoms. The fourth-order valence-electron chi connectivity index (χ4n) is 2.90. The van der Waals surface area contributed by atoms with E-state index in [0.717, 1.165) is 26.2 Å². The van der Waals surface area contributed by atoms with Crippen molar-refractivity contribution in [2.45, 2.75) is 45.6 Å². The van der Waals surface area contributed by atoms with Gasteiger partial charge in [-0.15, -0.1) is 0 Å². The lowest BCUT2D eigenvalue weighted by Gasteiger charge is -2.28. The standard InChI is InChI=1S/C14H27N3O/c1-12(2)10-13-14(18)17(11-15-13)9-8-16-6-4-3-5-7-16/h12-13,15H,3-11H2,1-2H3. The number of rotatable bonds is 5. The molecule has 0 spiro atoms. The van der Waals surface area contributed by atoms with Gasteiger partial charge in [-0.2, -0.15) is 0 Å². The number of nitrogens with zero attached hydrogens (tertiary/aromatic N) is 2. The molecule has 2 rings (SSSR count). The SMILES string of the molecule is CC(C)CC1NCN(CCN2CCCCC2)C1=O. The number of nitrogens with one attached hydrogen (secondary N) is 1. The number of likely N-dealkylation sites (tertiary alicyclic amines) is 1. The van der Waals surface area contributed by atoms with E-state index in [1.54, 1.807) is 0 Å². The van der Waals surface area contributed by atoms with E-state index in [1.807, 2.05) is 4.90 Å². The molecular weight excluding hydrogens is 226 g/mol. The third-order valence-corrected chi connectivity index (χ3v) is 3.98. The Morgan fingerprint density at radius 1 is 1.22 bits per heavy atom. The molecule has 2 saturated heterocycles. The van der Waals surface area contributed by atoms with E-state index < -0.39 is 0 Å². The lowest BCUT2D eigenvalue weighted by Crippen LogP contribution is -2.39. The molecule has 1 N–H and O–H groups in total. The maximum atomic E-state index is 12.2. The van der Waals surface area contributed by atoms with E-state index in [2.05, 4.69) is 24.1 Å². The molecule has 1 amide bonds. The lowest BCUT2D eigenvalue weighted by molar-refractivity contribution is -0.129. The van der Waals surface area contributed by atoms with Crippen LogP contribution < -0.4 is 5.32 Å². The summed E-state index contributed by atoms with van der Waals surface area (Å²) in [5.41, 5.74) is 0. The third-order valence-electron chi connectivity index (χ3n) is 3.98. The number of hydrogen-bond donors (Lipinski definition) is 1. The van der Waals surface area contributed by atoms with E-state index in [-0.39, 0.29) is 6.04 Å². The van der Waals surface area contributed by atoms with Crippen LogP contribution in [-0.2, 0) is 4.79 Å². The summed E-state index contributed by atoms with van der Waals surface area (Å²) >= 11 is 0. The second-order valence-electron chi connectivity index (χ2n) is 6.05. The van der Waals surface area contributed by atoms with Crippen LogP contribution in [0.15, 0.2) is 0 Å². The van der Waals surface area contributed by atoms with E-state index >= 15 is 0 Å². The molecule has 0 aliphatic carbocycles. The van der Waals surface area contributed by atoms with Gasteiger partial charge in [0.25, 0.3) is 0 Å².